The van der Waals surface area contributed by atoms with Crippen LogP contribution in [0.25, 0.3) is 0 Å². The van der Waals surface area contributed by atoms with Crippen LogP contribution in [0.5, 0.6) is 0 Å². The molecule has 2 rings (SSSR count). The second kappa shape index (κ2) is 4.69. The Morgan fingerprint density at radius 1 is 1.53 bits per heavy atom. The van der Waals surface area contributed by atoms with Gasteiger partial charge in [-0.2, -0.15) is 0 Å². The first-order valence-electron chi connectivity index (χ1n) is 5.81. The monoisotopic (exact) mass is 297 g/mol. The van der Waals surface area contributed by atoms with Crippen LogP contribution in [0.4, 0.5) is 5.69 Å². The van der Waals surface area contributed by atoms with E-state index in [1.54, 1.807) is 6.07 Å². The zero-order chi connectivity index (χ0) is 12.6. The molecule has 1 N–H and O–H groups in total. The summed E-state index contributed by atoms with van der Waals surface area (Å²) in [6, 6.07) is 4.18. The van der Waals surface area contributed by atoms with E-state index in [4.69, 9.17) is 0 Å². The van der Waals surface area contributed by atoms with Gasteiger partial charge in [-0.3, -0.25) is 0 Å². The van der Waals surface area contributed by atoms with Gasteiger partial charge in [0.1, 0.15) is 0 Å². The standard InChI is InChI=1S/C13H16BrNO2/c1-8-4-3-5-15(8)12-7-10(14)6-11(9(12)2)13(16)17/h6-8H,3-5H2,1-2H3,(H,16,17). The van der Waals surface area contributed by atoms with Gasteiger partial charge in [-0.25, -0.2) is 4.79 Å². The number of benzene rings is 1. The highest BCUT2D eigenvalue weighted by Gasteiger charge is 2.24. The third-order valence-corrected chi connectivity index (χ3v) is 3.90. The third kappa shape index (κ3) is 2.32. The Hall–Kier alpha value is -1.03. The second-order valence-electron chi connectivity index (χ2n) is 4.59. The molecule has 0 bridgehead atoms. The van der Waals surface area contributed by atoms with E-state index in [-0.39, 0.29) is 0 Å². The Morgan fingerprint density at radius 3 is 2.76 bits per heavy atom. The smallest absolute Gasteiger partial charge is 0.336 e. The van der Waals surface area contributed by atoms with Gasteiger partial charge < -0.3 is 10.0 Å². The van der Waals surface area contributed by atoms with E-state index in [2.05, 4.69) is 27.8 Å². The first kappa shape index (κ1) is 12.4. The van der Waals surface area contributed by atoms with Crippen molar-refractivity contribution >= 4 is 27.6 Å². The maximum absolute atomic E-state index is 11.2. The van der Waals surface area contributed by atoms with Crippen LogP contribution in [0.3, 0.4) is 0 Å². The summed E-state index contributed by atoms with van der Waals surface area (Å²) in [5, 5.41) is 9.18. The number of rotatable bonds is 2. The SMILES string of the molecule is Cc1c(C(=O)O)cc(Br)cc1N1CCCC1C. The lowest BCUT2D eigenvalue weighted by atomic mass is 10.1. The molecule has 0 saturated carbocycles. The molecule has 0 amide bonds. The minimum atomic E-state index is -0.864. The van der Waals surface area contributed by atoms with Gasteiger partial charge in [0.25, 0.3) is 0 Å². The molecule has 1 aliphatic heterocycles. The van der Waals surface area contributed by atoms with Crippen molar-refractivity contribution in [3.63, 3.8) is 0 Å². The van der Waals surface area contributed by atoms with E-state index in [1.165, 1.54) is 12.8 Å². The second-order valence-corrected chi connectivity index (χ2v) is 5.50. The number of carboxylic acids is 1. The van der Waals surface area contributed by atoms with Gasteiger partial charge in [-0.1, -0.05) is 15.9 Å². The van der Waals surface area contributed by atoms with Crippen LogP contribution in [0.1, 0.15) is 35.7 Å². The van der Waals surface area contributed by atoms with Gasteiger partial charge >= 0.3 is 5.97 Å². The molecule has 4 heteroatoms. The Bertz CT molecular complexity index is 459. The number of nitrogens with zero attached hydrogens (tertiary/aromatic N) is 1. The van der Waals surface area contributed by atoms with E-state index < -0.39 is 5.97 Å². The minimum Gasteiger partial charge on any atom is -0.478 e. The van der Waals surface area contributed by atoms with Gasteiger partial charge in [0.15, 0.2) is 0 Å². The van der Waals surface area contributed by atoms with Crippen LogP contribution >= 0.6 is 15.9 Å². The summed E-state index contributed by atoms with van der Waals surface area (Å²) in [5.74, 6) is -0.864. The van der Waals surface area contributed by atoms with Gasteiger partial charge in [-0.05, 0) is 44.4 Å². The van der Waals surface area contributed by atoms with E-state index in [0.717, 1.165) is 22.3 Å². The maximum Gasteiger partial charge on any atom is 0.336 e. The lowest BCUT2D eigenvalue weighted by Crippen LogP contribution is -2.27. The highest BCUT2D eigenvalue weighted by molar-refractivity contribution is 9.10. The normalized spacial score (nSPS) is 19.7. The van der Waals surface area contributed by atoms with Gasteiger partial charge in [0.05, 0.1) is 5.56 Å². The highest BCUT2D eigenvalue weighted by Crippen LogP contribution is 2.32. The summed E-state index contributed by atoms with van der Waals surface area (Å²) in [7, 11) is 0. The number of anilines is 1. The molecule has 1 aliphatic rings. The predicted molar refractivity (Wildman–Crippen MR) is 71.9 cm³/mol. The number of carboxylic acid groups (broad SMARTS) is 1. The average Bonchev–Trinajstić information content (AvgIpc) is 2.67. The molecule has 1 fully saturated rings. The molecule has 1 aromatic rings. The molecule has 1 aromatic carbocycles. The zero-order valence-electron chi connectivity index (χ0n) is 10.0. The molecule has 0 aliphatic carbocycles. The molecule has 0 radical (unpaired) electrons. The van der Waals surface area contributed by atoms with Crippen LogP contribution in [0.15, 0.2) is 16.6 Å². The number of carbonyl (C=O) groups is 1. The highest BCUT2D eigenvalue weighted by atomic mass is 79.9. The lowest BCUT2D eigenvalue weighted by Gasteiger charge is -2.26. The summed E-state index contributed by atoms with van der Waals surface area (Å²) in [4.78, 5) is 13.5. The molecule has 3 nitrogen and oxygen atoms in total. The summed E-state index contributed by atoms with van der Waals surface area (Å²) >= 11 is 3.39. The molecule has 1 saturated heterocycles. The lowest BCUT2D eigenvalue weighted by molar-refractivity contribution is 0.0696. The predicted octanol–water partition coefficient (Wildman–Crippen LogP) is 3.44. The van der Waals surface area contributed by atoms with Crippen molar-refractivity contribution in [2.45, 2.75) is 32.7 Å². The molecule has 1 atom stereocenters. The van der Waals surface area contributed by atoms with Crippen LogP contribution in [0.2, 0.25) is 0 Å². The fourth-order valence-corrected chi connectivity index (χ4v) is 2.92. The Labute approximate surface area is 110 Å². The summed E-state index contributed by atoms with van der Waals surface area (Å²) in [6.07, 6.45) is 2.35. The van der Waals surface area contributed by atoms with Crippen LogP contribution in [-0.4, -0.2) is 23.7 Å². The largest absolute Gasteiger partial charge is 0.478 e. The van der Waals surface area contributed by atoms with Gasteiger partial charge in [0.2, 0.25) is 0 Å². The molecular formula is C13H16BrNO2. The fourth-order valence-electron chi connectivity index (χ4n) is 2.48. The Kier molecular flexibility index (Phi) is 3.43. The number of hydrogen-bond acceptors (Lipinski definition) is 2. The molecule has 0 spiro atoms. The Balaban J connectivity index is 2.50. The van der Waals surface area contributed by atoms with Crippen molar-refractivity contribution in [1.29, 1.82) is 0 Å². The van der Waals surface area contributed by atoms with Crippen LogP contribution in [-0.2, 0) is 0 Å². The van der Waals surface area contributed by atoms with Crippen molar-refractivity contribution in [3.8, 4) is 0 Å². The van der Waals surface area contributed by atoms with Crippen molar-refractivity contribution in [3.05, 3.63) is 27.7 Å². The summed E-state index contributed by atoms with van der Waals surface area (Å²) in [5.41, 5.74) is 2.28. The summed E-state index contributed by atoms with van der Waals surface area (Å²) in [6.45, 7) is 5.08. The molecular weight excluding hydrogens is 282 g/mol. The zero-order valence-corrected chi connectivity index (χ0v) is 11.6. The average molecular weight is 298 g/mol. The Morgan fingerprint density at radius 2 is 2.24 bits per heavy atom. The van der Waals surface area contributed by atoms with E-state index >= 15 is 0 Å². The maximum atomic E-state index is 11.2. The topological polar surface area (TPSA) is 40.5 Å². The number of hydrogen-bond donors (Lipinski definition) is 1. The van der Waals surface area contributed by atoms with E-state index in [0.29, 0.717) is 11.6 Å². The van der Waals surface area contributed by atoms with Crippen molar-refractivity contribution in [2.24, 2.45) is 0 Å². The van der Waals surface area contributed by atoms with E-state index in [9.17, 15) is 9.90 Å². The van der Waals surface area contributed by atoms with Crippen molar-refractivity contribution < 1.29 is 9.90 Å². The van der Waals surface area contributed by atoms with Gasteiger partial charge in [-0.15, -0.1) is 0 Å². The molecule has 1 heterocycles. The quantitative estimate of drug-likeness (QED) is 0.909. The molecule has 0 aromatic heterocycles. The van der Waals surface area contributed by atoms with Gasteiger partial charge in [0, 0.05) is 22.7 Å². The summed E-state index contributed by atoms with van der Waals surface area (Å²) < 4.78 is 0.828. The molecule has 17 heavy (non-hydrogen) atoms. The first-order chi connectivity index (χ1) is 8.00. The minimum absolute atomic E-state index is 0.383. The van der Waals surface area contributed by atoms with Crippen molar-refractivity contribution in [2.75, 3.05) is 11.4 Å². The van der Waals surface area contributed by atoms with Crippen molar-refractivity contribution in [1.82, 2.24) is 0 Å². The number of halogens is 1. The first-order valence-corrected chi connectivity index (χ1v) is 6.60. The third-order valence-electron chi connectivity index (χ3n) is 3.44. The fraction of sp³-hybridized carbons (Fsp3) is 0.462. The van der Waals surface area contributed by atoms with Crippen LogP contribution in [0, 0.1) is 6.92 Å². The van der Waals surface area contributed by atoms with Crippen LogP contribution < -0.4 is 4.90 Å². The molecule has 1 unspecified atom stereocenters. The van der Waals surface area contributed by atoms with E-state index in [1.807, 2.05) is 13.0 Å². The number of aromatic carboxylic acids is 1. The molecule has 92 valence electrons.